The average Bonchev–Trinajstić information content (AvgIpc) is 3.06. The third-order valence-corrected chi connectivity index (χ3v) is 4.49. The Labute approximate surface area is 180 Å². The minimum absolute atomic E-state index is 0.0588. The number of nitrogens with one attached hydrogen (secondary N) is 1. The Morgan fingerprint density at radius 2 is 1.33 bits per heavy atom. The maximum absolute atomic E-state index is 11.7. The van der Waals surface area contributed by atoms with Crippen molar-refractivity contribution in [1.82, 2.24) is 10.2 Å². The third kappa shape index (κ3) is 12.7. The van der Waals surface area contributed by atoms with Crippen molar-refractivity contribution in [3.63, 3.8) is 0 Å². The average molecular weight is 447 g/mol. The molecule has 0 radical (unpaired) electrons. The summed E-state index contributed by atoms with van der Waals surface area (Å²) in [5.74, 6) is -1.04. The van der Waals surface area contributed by atoms with Crippen LogP contribution in [0.3, 0.4) is 0 Å². The standard InChI is InChI=1S/C19H30N2O8S/c1-30-19(25)5-8-26-10-12-28-14-15-29-13-11-27-9-6-20-16(22)4-7-21-17(23)2-3-18(21)24/h2-3H,4-15H2,1H3,(H,20,22). The fourth-order valence-electron chi connectivity index (χ4n) is 2.24. The Morgan fingerprint density at radius 1 is 0.833 bits per heavy atom. The Bertz CT molecular complexity index is 567. The molecule has 1 rings (SSSR count). The van der Waals surface area contributed by atoms with E-state index in [2.05, 4.69) is 5.32 Å². The number of nitrogens with zero attached hydrogens (tertiary/aromatic N) is 1. The largest absolute Gasteiger partial charge is 0.379 e. The van der Waals surface area contributed by atoms with E-state index in [0.29, 0.717) is 65.8 Å². The number of hydrogen-bond acceptors (Lipinski definition) is 9. The van der Waals surface area contributed by atoms with Gasteiger partial charge in [-0.3, -0.25) is 24.1 Å². The van der Waals surface area contributed by atoms with Crippen molar-refractivity contribution in [3.05, 3.63) is 12.2 Å². The lowest BCUT2D eigenvalue weighted by Crippen LogP contribution is -2.35. The van der Waals surface area contributed by atoms with Crippen LogP contribution in [0.1, 0.15) is 12.8 Å². The molecule has 170 valence electrons. The van der Waals surface area contributed by atoms with Crippen LogP contribution < -0.4 is 5.32 Å². The van der Waals surface area contributed by atoms with Gasteiger partial charge >= 0.3 is 0 Å². The molecule has 0 fully saturated rings. The lowest BCUT2D eigenvalue weighted by molar-refractivity contribution is -0.137. The first-order chi connectivity index (χ1) is 14.5. The van der Waals surface area contributed by atoms with E-state index < -0.39 is 11.8 Å². The van der Waals surface area contributed by atoms with E-state index in [1.807, 2.05) is 0 Å². The highest BCUT2D eigenvalue weighted by atomic mass is 32.2. The van der Waals surface area contributed by atoms with Gasteiger partial charge < -0.3 is 24.3 Å². The van der Waals surface area contributed by atoms with Crippen LogP contribution in [0.4, 0.5) is 0 Å². The summed E-state index contributed by atoms with van der Waals surface area (Å²) in [5, 5.41) is 2.77. The predicted molar refractivity (Wildman–Crippen MR) is 110 cm³/mol. The Morgan fingerprint density at radius 3 is 1.87 bits per heavy atom. The maximum atomic E-state index is 11.7. The molecule has 1 aliphatic heterocycles. The zero-order valence-electron chi connectivity index (χ0n) is 17.3. The topological polar surface area (TPSA) is 120 Å². The number of carbonyl (C=O) groups excluding carboxylic acids is 4. The molecule has 3 amide bonds. The van der Waals surface area contributed by atoms with Crippen molar-refractivity contribution in [2.45, 2.75) is 12.8 Å². The van der Waals surface area contributed by atoms with E-state index in [4.69, 9.17) is 18.9 Å². The molecular weight excluding hydrogens is 416 g/mol. The van der Waals surface area contributed by atoms with Crippen LogP contribution in [0, 0.1) is 0 Å². The highest BCUT2D eigenvalue weighted by Crippen LogP contribution is 2.03. The first kappa shape index (κ1) is 26.2. The lowest BCUT2D eigenvalue weighted by atomic mass is 10.3. The number of amides is 3. The number of carbonyl (C=O) groups is 4. The second-order valence-corrected chi connectivity index (χ2v) is 6.90. The van der Waals surface area contributed by atoms with E-state index in [-0.39, 0.29) is 24.0 Å². The zero-order valence-corrected chi connectivity index (χ0v) is 18.1. The molecule has 0 aliphatic carbocycles. The third-order valence-electron chi connectivity index (χ3n) is 3.83. The molecule has 1 aliphatic rings. The second-order valence-electron chi connectivity index (χ2n) is 6.04. The van der Waals surface area contributed by atoms with Gasteiger partial charge in [0.25, 0.3) is 11.8 Å². The number of hydrogen-bond donors (Lipinski definition) is 1. The summed E-state index contributed by atoms with van der Waals surface area (Å²) in [7, 11) is 0. The van der Waals surface area contributed by atoms with E-state index in [9.17, 15) is 19.2 Å². The quantitative estimate of drug-likeness (QED) is 0.225. The molecule has 0 bridgehead atoms. The van der Waals surface area contributed by atoms with Crippen LogP contribution in [0.5, 0.6) is 0 Å². The van der Waals surface area contributed by atoms with Gasteiger partial charge in [0.1, 0.15) is 0 Å². The number of rotatable bonds is 18. The normalized spacial score (nSPS) is 13.3. The van der Waals surface area contributed by atoms with Gasteiger partial charge in [-0.25, -0.2) is 0 Å². The second kappa shape index (κ2) is 16.9. The van der Waals surface area contributed by atoms with Crippen LogP contribution in [0.25, 0.3) is 0 Å². The first-order valence-electron chi connectivity index (χ1n) is 9.72. The molecule has 11 heteroatoms. The first-order valence-corrected chi connectivity index (χ1v) is 10.9. The fraction of sp³-hybridized carbons (Fsp3) is 0.684. The van der Waals surface area contributed by atoms with Gasteiger partial charge in [0, 0.05) is 38.1 Å². The fourth-order valence-corrected chi connectivity index (χ4v) is 2.52. The van der Waals surface area contributed by atoms with Crippen LogP contribution in [0.15, 0.2) is 12.2 Å². The molecule has 0 saturated carbocycles. The van der Waals surface area contributed by atoms with Crippen molar-refractivity contribution in [3.8, 4) is 0 Å². The molecule has 0 aromatic carbocycles. The number of ether oxygens (including phenoxy) is 4. The van der Waals surface area contributed by atoms with E-state index >= 15 is 0 Å². The molecule has 1 N–H and O–H groups in total. The molecule has 0 atom stereocenters. The number of imide groups is 1. The van der Waals surface area contributed by atoms with Crippen molar-refractivity contribution in [2.24, 2.45) is 0 Å². The molecule has 0 aromatic heterocycles. The van der Waals surface area contributed by atoms with E-state index in [0.717, 1.165) is 4.90 Å². The monoisotopic (exact) mass is 446 g/mol. The van der Waals surface area contributed by atoms with Crippen LogP contribution in [-0.2, 0) is 38.1 Å². The molecule has 0 unspecified atom stereocenters. The summed E-state index contributed by atoms with van der Waals surface area (Å²) < 4.78 is 21.3. The summed E-state index contributed by atoms with van der Waals surface area (Å²) in [6.45, 7) is 3.73. The van der Waals surface area contributed by atoms with Gasteiger partial charge in [0.15, 0.2) is 5.12 Å². The smallest absolute Gasteiger partial charge is 0.253 e. The minimum Gasteiger partial charge on any atom is -0.379 e. The Balaban J connectivity index is 1.79. The highest BCUT2D eigenvalue weighted by molar-refractivity contribution is 8.13. The molecule has 0 spiro atoms. The zero-order chi connectivity index (χ0) is 22.0. The van der Waals surface area contributed by atoms with Crippen molar-refractivity contribution in [2.75, 3.05) is 72.2 Å². The predicted octanol–water partition coefficient (Wildman–Crippen LogP) is -0.236. The lowest BCUT2D eigenvalue weighted by Gasteiger charge is -2.13. The van der Waals surface area contributed by atoms with Crippen molar-refractivity contribution >= 4 is 34.6 Å². The van der Waals surface area contributed by atoms with Gasteiger partial charge in [-0.2, -0.15) is 0 Å². The highest BCUT2D eigenvalue weighted by Gasteiger charge is 2.23. The summed E-state index contributed by atoms with van der Waals surface area (Å²) in [6.07, 6.45) is 4.60. The van der Waals surface area contributed by atoms with Crippen molar-refractivity contribution in [1.29, 1.82) is 0 Å². The molecule has 0 aromatic rings. The van der Waals surface area contributed by atoms with E-state index in [1.165, 1.54) is 23.9 Å². The van der Waals surface area contributed by atoms with Crippen LogP contribution in [-0.4, -0.2) is 99.9 Å². The van der Waals surface area contributed by atoms with Gasteiger partial charge in [-0.1, -0.05) is 11.8 Å². The number of thioether (sulfide) groups is 1. The van der Waals surface area contributed by atoms with Gasteiger partial charge in [-0.05, 0) is 6.26 Å². The summed E-state index contributed by atoms with van der Waals surface area (Å²) in [6, 6.07) is 0. The Hall–Kier alpha value is -1.79. The summed E-state index contributed by atoms with van der Waals surface area (Å²) in [5.41, 5.74) is 0. The van der Waals surface area contributed by atoms with Gasteiger partial charge in [0.05, 0.1) is 52.9 Å². The van der Waals surface area contributed by atoms with Crippen molar-refractivity contribution < 1.29 is 38.1 Å². The maximum Gasteiger partial charge on any atom is 0.253 e. The summed E-state index contributed by atoms with van der Waals surface area (Å²) >= 11 is 1.20. The minimum atomic E-state index is -0.394. The molecular formula is C19H30N2O8S. The molecule has 1 heterocycles. The summed E-state index contributed by atoms with van der Waals surface area (Å²) in [4.78, 5) is 46.4. The molecule has 10 nitrogen and oxygen atoms in total. The molecule has 0 saturated heterocycles. The SMILES string of the molecule is CSC(=O)CCOCCOCCOCCOCCNC(=O)CCN1C(=O)C=CC1=O. The van der Waals surface area contributed by atoms with Gasteiger partial charge in [-0.15, -0.1) is 0 Å². The Kier molecular flexibility index (Phi) is 14.8. The van der Waals surface area contributed by atoms with Crippen LogP contribution >= 0.6 is 11.8 Å². The van der Waals surface area contributed by atoms with Crippen LogP contribution in [0.2, 0.25) is 0 Å². The van der Waals surface area contributed by atoms with Gasteiger partial charge in [0.2, 0.25) is 5.91 Å². The molecule has 30 heavy (non-hydrogen) atoms. The van der Waals surface area contributed by atoms with E-state index in [1.54, 1.807) is 6.26 Å².